The zero-order chi connectivity index (χ0) is 13.7. The van der Waals surface area contributed by atoms with Gasteiger partial charge in [0.05, 0.1) is 5.02 Å². The van der Waals surface area contributed by atoms with E-state index in [0.717, 1.165) is 17.7 Å². The Morgan fingerprint density at radius 1 is 1.05 bits per heavy atom. The number of hydrogen-bond donors (Lipinski definition) is 1. The molecule has 0 saturated carbocycles. The summed E-state index contributed by atoms with van der Waals surface area (Å²) in [5, 5.41) is 4.41. The van der Waals surface area contributed by atoms with E-state index in [1.54, 1.807) is 0 Å². The van der Waals surface area contributed by atoms with Gasteiger partial charge in [0.2, 0.25) is 0 Å². The van der Waals surface area contributed by atoms with E-state index in [4.69, 9.17) is 27.9 Å². The molecule has 0 saturated heterocycles. The van der Waals surface area contributed by atoms with Crippen molar-refractivity contribution in [3.05, 3.63) is 63.6 Å². The van der Waals surface area contributed by atoms with Gasteiger partial charge in [-0.2, -0.15) is 0 Å². The molecule has 0 heterocycles. The summed E-state index contributed by atoms with van der Waals surface area (Å²) in [4.78, 5) is 0. The Bertz CT molecular complexity index is 558. The van der Waals surface area contributed by atoms with Crippen LogP contribution in [0.2, 0.25) is 10.0 Å². The summed E-state index contributed by atoms with van der Waals surface area (Å²) in [7, 11) is 1.90. The highest BCUT2D eigenvalue weighted by atomic mass is 35.5. The molecule has 19 heavy (non-hydrogen) atoms. The molecular formula is C15H15Cl2NO. The Morgan fingerprint density at radius 3 is 2.58 bits per heavy atom. The van der Waals surface area contributed by atoms with Gasteiger partial charge in [-0.3, -0.25) is 0 Å². The quantitative estimate of drug-likeness (QED) is 0.888. The van der Waals surface area contributed by atoms with Gasteiger partial charge in [0.1, 0.15) is 12.4 Å². The molecule has 2 nitrogen and oxygen atoms in total. The number of nitrogens with one attached hydrogen (secondary N) is 1. The van der Waals surface area contributed by atoms with Crippen LogP contribution in [0.15, 0.2) is 42.5 Å². The second-order valence-corrected chi connectivity index (χ2v) is 5.06. The fraction of sp³-hybridized carbons (Fsp3) is 0.200. The van der Waals surface area contributed by atoms with Gasteiger partial charge in [-0.05, 0) is 42.4 Å². The number of hydrogen-bond acceptors (Lipinski definition) is 2. The van der Waals surface area contributed by atoms with Crippen molar-refractivity contribution in [1.82, 2.24) is 5.32 Å². The predicted octanol–water partition coefficient (Wildman–Crippen LogP) is 4.29. The summed E-state index contributed by atoms with van der Waals surface area (Å²) in [6.07, 6.45) is 0. The van der Waals surface area contributed by atoms with Gasteiger partial charge in [0.15, 0.2) is 0 Å². The lowest BCUT2D eigenvalue weighted by Gasteiger charge is -2.10. The van der Waals surface area contributed by atoms with Gasteiger partial charge >= 0.3 is 0 Å². The molecule has 4 heteroatoms. The highest BCUT2D eigenvalue weighted by Crippen LogP contribution is 2.26. The van der Waals surface area contributed by atoms with Crippen molar-refractivity contribution in [2.24, 2.45) is 0 Å². The molecule has 0 radical (unpaired) electrons. The van der Waals surface area contributed by atoms with Crippen molar-refractivity contribution in [2.45, 2.75) is 13.2 Å². The molecule has 0 aliphatic heterocycles. The first-order valence-electron chi connectivity index (χ1n) is 5.99. The molecule has 0 spiro atoms. The molecule has 0 unspecified atom stereocenters. The van der Waals surface area contributed by atoms with Crippen LogP contribution in [-0.4, -0.2) is 7.05 Å². The van der Waals surface area contributed by atoms with Gasteiger partial charge in [-0.15, -0.1) is 0 Å². The molecule has 0 aliphatic carbocycles. The fourth-order valence-electron chi connectivity index (χ4n) is 1.76. The Kier molecular flexibility index (Phi) is 5.08. The van der Waals surface area contributed by atoms with Gasteiger partial charge in [0, 0.05) is 11.6 Å². The van der Waals surface area contributed by atoms with Crippen LogP contribution in [0, 0.1) is 0 Å². The first-order chi connectivity index (χ1) is 9.19. The molecule has 2 aromatic rings. The van der Waals surface area contributed by atoms with Crippen LogP contribution in [0.5, 0.6) is 5.75 Å². The minimum atomic E-state index is 0.450. The third kappa shape index (κ3) is 4.13. The van der Waals surface area contributed by atoms with Crippen LogP contribution in [0.3, 0.4) is 0 Å². The zero-order valence-electron chi connectivity index (χ0n) is 10.6. The van der Waals surface area contributed by atoms with Crippen molar-refractivity contribution in [2.75, 3.05) is 7.05 Å². The van der Waals surface area contributed by atoms with Crippen molar-refractivity contribution < 1.29 is 4.74 Å². The van der Waals surface area contributed by atoms with E-state index in [9.17, 15) is 0 Å². The molecule has 0 fully saturated rings. The molecule has 1 N–H and O–H groups in total. The highest BCUT2D eigenvalue weighted by Gasteiger charge is 2.03. The van der Waals surface area contributed by atoms with Crippen molar-refractivity contribution in [1.29, 1.82) is 0 Å². The van der Waals surface area contributed by atoms with Gasteiger partial charge in [-0.1, -0.05) is 41.4 Å². The van der Waals surface area contributed by atoms with E-state index in [1.165, 1.54) is 0 Å². The fourth-order valence-corrected chi connectivity index (χ4v) is 2.23. The third-order valence-corrected chi connectivity index (χ3v) is 3.19. The van der Waals surface area contributed by atoms with E-state index < -0.39 is 0 Å². The summed E-state index contributed by atoms with van der Waals surface area (Å²) in [5.74, 6) is 0.682. The van der Waals surface area contributed by atoms with Gasteiger partial charge < -0.3 is 10.1 Å². The van der Waals surface area contributed by atoms with Crippen molar-refractivity contribution in [3.63, 3.8) is 0 Å². The average Bonchev–Trinajstić information content (AvgIpc) is 2.38. The maximum atomic E-state index is 6.18. The Morgan fingerprint density at radius 2 is 1.89 bits per heavy atom. The van der Waals surface area contributed by atoms with Gasteiger partial charge in [-0.25, -0.2) is 0 Å². The minimum Gasteiger partial charge on any atom is -0.487 e. The maximum absolute atomic E-state index is 6.18. The Balaban J connectivity index is 2.03. The Hall–Kier alpha value is -1.22. The topological polar surface area (TPSA) is 21.3 Å². The van der Waals surface area contributed by atoms with E-state index in [0.29, 0.717) is 22.4 Å². The molecule has 0 amide bonds. The SMILES string of the molecule is CNCc1ccc(OCc2cccc(Cl)c2)c(Cl)c1. The van der Waals surface area contributed by atoms with Crippen LogP contribution in [0.4, 0.5) is 0 Å². The maximum Gasteiger partial charge on any atom is 0.138 e. The van der Waals surface area contributed by atoms with E-state index in [1.807, 2.05) is 49.5 Å². The largest absolute Gasteiger partial charge is 0.487 e. The van der Waals surface area contributed by atoms with Crippen LogP contribution in [0.25, 0.3) is 0 Å². The van der Waals surface area contributed by atoms with Crippen LogP contribution in [0.1, 0.15) is 11.1 Å². The lowest BCUT2D eigenvalue weighted by atomic mass is 10.2. The molecular weight excluding hydrogens is 281 g/mol. The standard InChI is InChI=1S/C15H15Cl2NO/c1-18-9-11-5-6-15(14(17)8-11)19-10-12-3-2-4-13(16)7-12/h2-8,18H,9-10H2,1H3. The summed E-state index contributed by atoms with van der Waals surface area (Å²) in [6.45, 7) is 1.24. The van der Waals surface area contributed by atoms with E-state index in [-0.39, 0.29) is 0 Å². The smallest absolute Gasteiger partial charge is 0.138 e. The molecule has 100 valence electrons. The van der Waals surface area contributed by atoms with Crippen molar-refractivity contribution >= 4 is 23.2 Å². The molecule has 0 atom stereocenters. The van der Waals surface area contributed by atoms with E-state index >= 15 is 0 Å². The minimum absolute atomic E-state index is 0.450. The number of ether oxygens (including phenoxy) is 1. The molecule has 2 aromatic carbocycles. The number of benzene rings is 2. The summed E-state index contributed by atoms with van der Waals surface area (Å²) < 4.78 is 5.70. The number of halogens is 2. The summed E-state index contributed by atoms with van der Waals surface area (Å²) >= 11 is 12.1. The molecule has 0 aromatic heterocycles. The second-order valence-electron chi connectivity index (χ2n) is 4.21. The predicted molar refractivity (Wildman–Crippen MR) is 80.0 cm³/mol. The zero-order valence-corrected chi connectivity index (χ0v) is 12.1. The van der Waals surface area contributed by atoms with Crippen LogP contribution < -0.4 is 10.1 Å². The molecule has 0 aliphatic rings. The monoisotopic (exact) mass is 295 g/mol. The van der Waals surface area contributed by atoms with Crippen LogP contribution in [-0.2, 0) is 13.2 Å². The van der Waals surface area contributed by atoms with E-state index in [2.05, 4.69) is 5.32 Å². The first kappa shape index (κ1) is 14.2. The molecule has 2 rings (SSSR count). The Labute approximate surface area is 123 Å². The normalized spacial score (nSPS) is 10.5. The highest BCUT2D eigenvalue weighted by molar-refractivity contribution is 6.32. The van der Waals surface area contributed by atoms with Crippen molar-refractivity contribution in [3.8, 4) is 5.75 Å². The second kappa shape index (κ2) is 6.80. The average molecular weight is 296 g/mol. The third-order valence-electron chi connectivity index (χ3n) is 2.66. The lowest BCUT2D eigenvalue weighted by molar-refractivity contribution is 0.306. The van der Waals surface area contributed by atoms with Crippen LogP contribution >= 0.6 is 23.2 Å². The lowest BCUT2D eigenvalue weighted by Crippen LogP contribution is -2.05. The first-order valence-corrected chi connectivity index (χ1v) is 6.75. The summed E-state index contributed by atoms with van der Waals surface area (Å²) in [6, 6.07) is 13.4. The molecule has 0 bridgehead atoms. The van der Waals surface area contributed by atoms with Gasteiger partial charge in [0.25, 0.3) is 0 Å². The number of rotatable bonds is 5. The summed E-state index contributed by atoms with van der Waals surface area (Å²) in [5.41, 5.74) is 2.14.